The number of benzene rings is 1. The SMILES string of the molecule is Cn1cc(Br)c2c(C3CCCN3)cccc21. The van der Waals surface area contributed by atoms with Crippen LogP contribution in [-0.4, -0.2) is 11.1 Å². The van der Waals surface area contributed by atoms with E-state index >= 15 is 0 Å². The maximum absolute atomic E-state index is 3.67. The van der Waals surface area contributed by atoms with Crippen molar-refractivity contribution in [2.45, 2.75) is 18.9 Å². The van der Waals surface area contributed by atoms with E-state index in [2.05, 4.69) is 57.3 Å². The molecule has 84 valence electrons. The second-order valence-electron chi connectivity index (χ2n) is 4.48. The lowest BCUT2D eigenvalue weighted by molar-refractivity contribution is 0.652. The molecule has 1 aliphatic heterocycles. The highest BCUT2D eigenvalue weighted by molar-refractivity contribution is 9.10. The molecular formula is C13H15BrN2. The zero-order valence-corrected chi connectivity index (χ0v) is 10.9. The Labute approximate surface area is 104 Å². The molecule has 1 aliphatic rings. The van der Waals surface area contributed by atoms with Crippen molar-refractivity contribution in [3.05, 3.63) is 34.4 Å². The van der Waals surface area contributed by atoms with E-state index in [-0.39, 0.29) is 0 Å². The summed E-state index contributed by atoms with van der Waals surface area (Å²) < 4.78 is 3.38. The molecule has 0 amide bonds. The highest BCUT2D eigenvalue weighted by Crippen LogP contribution is 2.34. The van der Waals surface area contributed by atoms with E-state index < -0.39 is 0 Å². The Kier molecular flexibility index (Phi) is 2.52. The molecule has 2 aromatic rings. The van der Waals surface area contributed by atoms with Crippen molar-refractivity contribution in [2.24, 2.45) is 7.05 Å². The zero-order valence-electron chi connectivity index (χ0n) is 9.33. The number of halogens is 1. The van der Waals surface area contributed by atoms with Gasteiger partial charge in [-0.05, 0) is 46.9 Å². The quantitative estimate of drug-likeness (QED) is 0.847. The zero-order chi connectivity index (χ0) is 11.1. The summed E-state index contributed by atoms with van der Waals surface area (Å²) in [4.78, 5) is 0. The van der Waals surface area contributed by atoms with Gasteiger partial charge < -0.3 is 9.88 Å². The number of nitrogens with zero attached hydrogens (tertiary/aromatic N) is 1. The molecule has 1 unspecified atom stereocenters. The summed E-state index contributed by atoms with van der Waals surface area (Å²) in [6.45, 7) is 1.14. The van der Waals surface area contributed by atoms with Crippen molar-refractivity contribution in [3.63, 3.8) is 0 Å². The van der Waals surface area contributed by atoms with Gasteiger partial charge in [0.25, 0.3) is 0 Å². The maximum atomic E-state index is 3.67. The fourth-order valence-corrected chi connectivity index (χ4v) is 3.40. The fraction of sp³-hybridized carbons (Fsp3) is 0.385. The van der Waals surface area contributed by atoms with E-state index in [1.807, 2.05) is 0 Å². The first-order valence-electron chi connectivity index (χ1n) is 5.74. The van der Waals surface area contributed by atoms with Crippen LogP contribution in [0.5, 0.6) is 0 Å². The number of hydrogen-bond donors (Lipinski definition) is 1. The first kappa shape index (κ1) is 10.4. The molecule has 0 spiro atoms. The number of aryl methyl sites for hydroxylation is 1. The van der Waals surface area contributed by atoms with Crippen LogP contribution in [0.3, 0.4) is 0 Å². The third-order valence-electron chi connectivity index (χ3n) is 3.44. The molecule has 3 heteroatoms. The molecule has 2 nitrogen and oxygen atoms in total. The van der Waals surface area contributed by atoms with Gasteiger partial charge in [-0.25, -0.2) is 0 Å². The minimum absolute atomic E-state index is 0.530. The van der Waals surface area contributed by atoms with Crippen molar-refractivity contribution in [2.75, 3.05) is 6.54 Å². The van der Waals surface area contributed by atoms with Crippen molar-refractivity contribution in [1.82, 2.24) is 9.88 Å². The molecule has 0 bridgehead atoms. The van der Waals surface area contributed by atoms with Gasteiger partial charge in [0.05, 0.1) is 0 Å². The lowest BCUT2D eigenvalue weighted by atomic mass is 10.0. The number of fused-ring (bicyclic) bond motifs is 1. The average molecular weight is 279 g/mol. The molecule has 1 saturated heterocycles. The van der Waals surface area contributed by atoms with E-state index in [4.69, 9.17) is 0 Å². The monoisotopic (exact) mass is 278 g/mol. The summed E-state index contributed by atoms with van der Waals surface area (Å²) in [6.07, 6.45) is 4.68. The Morgan fingerprint density at radius 2 is 2.31 bits per heavy atom. The summed E-state index contributed by atoms with van der Waals surface area (Å²) >= 11 is 3.67. The summed E-state index contributed by atoms with van der Waals surface area (Å²) in [5.41, 5.74) is 2.74. The Morgan fingerprint density at radius 3 is 3.06 bits per heavy atom. The summed E-state index contributed by atoms with van der Waals surface area (Å²) in [7, 11) is 2.10. The molecule has 0 radical (unpaired) electrons. The fourth-order valence-electron chi connectivity index (χ4n) is 2.66. The Hall–Kier alpha value is -0.800. The van der Waals surface area contributed by atoms with Crippen LogP contribution in [0.4, 0.5) is 0 Å². The van der Waals surface area contributed by atoms with Gasteiger partial charge in [0.15, 0.2) is 0 Å². The largest absolute Gasteiger partial charge is 0.349 e. The number of aromatic nitrogens is 1. The predicted octanol–water partition coefficient (Wildman–Crippen LogP) is 3.37. The van der Waals surface area contributed by atoms with Crippen LogP contribution in [0.2, 0.25) is 0 Å². The molecule has 1 aromatic heterocycles. The Balaban J connectivity index is 2.23. The third kappa shape index (κ3) is 1.50. The molecule has 0 saturated carbocycles. The Morgan fingerprint density at radius 1 is 1.44 bits per heavy atom. The van der Waals surface area contributed by atoms with Gasteiger partial charge in [-0.2, -0.15) is 0 Å². The van der Waals surface area contributed by atoms with Crippen molar-refractivity contribution >= 4 is 26.8 Å². The van der Waals surface area contributed by atoms with Crippen molar-refractivity contribution in [1.29, 1.82) is 0 Å². The van der Waals surface area contributed by atoms with E-state index in [9.17, 15) is 0 Å². The Bertz CT molecular complexity index is 524. The third-order valence-corrected chi connectivity index (χ3v) is 4.04. The molecule has 16 heavy (non-hydrogen) atoms. The van der Waals surface area contributed by atoms with Gasteiger partial charge in [-0.15, -0.1) is 0 Å². The second kappa shape index (κ2) is 3.90. The van der Waals surface area contributed by atoms with Gasteiger partial charge in [-0.1, -0.05) is 12.1 Å². The van der Waals surface area contributed by atoms with Crippen LogP contribution < -0.4 is 5.32 Å². The molecule has 1 aromatic carbocycles. The van der Waals surface area contributed by atoms with E-state index in [1.54, 1.807) is 0 Å². The van der Waals surface area contributed by atoms with Crippen molar-refractivity contribution in [3.8, 4) is 0 Å². The molecule has 0 aliphatic carbocycles. The normalized spacial score (nSPS) is 20.8. The molecule has 3 rings (SSSR count). The van der Waals surface area contributed by atoms with E-state index in [0.717, 1.165) is 6.54 Å². The van der Waals surface area contributed by atoms with Crippen LogP contribution in [0.25, 0.3) is 10.9 Å². The number of hydrogen-bond acceptors (Lipinski definition) is 1. The van der Waals surface area contributed by atoms with Crippen LogP contribution in [-0.2, 0) is 7.05 Å². The molecule has 1 N–H and O–H groups in total. The summed E-state index contributed by atoms with van der Waals surface area (Å²) in [5, 5.41) is 4.94. The highest BCUT2D eigenvalue weighted by atomic mass is 79.9. The minimum atomic E-state index is 0.530. The average Bonchev–Trinajstić information content (AvgIpc) is 2.88. The minimum Gasteiger partial charge on any atom is -0.349 e. The number of nitrogens with one attached hydrogen (secondary N) is 1. The van der Waals surface area contributed by atoms with Crippen LogP contribution in [0.1, 0.15) is 24.4 Å². The molecule has 1 atom stereocenters. The van der Waals surface area contributed by atoms with E-state index in [0.29, 0.717) is 6.04 Å². The van der Waals surface area contributed by atoms with Crippen molar-refractivity contribution < 1.29 is 0 Å². The van der Waals surface area contributed by atoms with Crippen LogP contribution in [0, 0.1) is 0 Å². The van der Waals surface area contributed by atoms with E-state index in [1.165, 1.54) is 33.8 Å². The predicted molar refractivity (Wildman–Crippen MR) is 70.6 cm³/mol. The van der Waals surface area contributed by atoms with Gasteiger partial charge in [0.1, 0.15) is 0 Å². The smallest absolute Gasteiger partial charge is 0.0492 e. The van der Waals surface area contributed by atoms with Gasteiger partial charge in [0, 0.05) is 34.7 Å². The lowest BCUT2D eigenvalue weighted by Crippen LogP contribution is -2.13. The first-order valence-corrected chi connectivity index (χ1v) is 6.53. The molecular weight excluding hydrogens is 264 g/mol. The van der Waals surface area contributed by atoms with Gasteiger partial charge in [-0.3, -0.25) is 0 Å². The second-order valence-corrected chi connectivity index (χ2v) is 5.33. The highest BCUT2D eigenvalue weighted by Gasteiger charge is 2.20. The maximum Gasteiger partial charge on any atom is 0.0492 e. The lowest BCUT2D eigenvalue weighted by Gasteiger charge is -2.12. The summed E-state index contributed by atoms with van der Waals surface area (Å²) in [6, 6.07) is 7.11. The first-order chi connectivity index (χ1) is 7.77. The topological polar surface area (TPSA) is 17.0 Å². The van der Waals surface area contributed by atoms with Crippen LogP contribution >= 0.6 is 15.9 Å². The number of rotatable bonds is 1. The summed E-state index contributed by atoms with van der Waals surface area (Å²) in [5.74, 6) is 0. The van der Waals surface area contributed by atoms with Crippen LogP contribution in [0.15, 0.2) is 28.9 Å². The standard InChI is InChI=1S/C13H15BrN2/c1-16-8-10(14)13-9(4-2-6-12(13)16)11-5-3-7-15-11/h2,4,6,8,11,15H,3,5,7H2,1H3. The molecule has 2 heterocycles. The van der Waals surface area contributed by atoms with Gasteiger partial charge in [0.2, 0.25) is 0 Å². The molecule has 1 fully saturated rings. The van der Waals surface area contributed by atoms with Gasteiger partial charge >= 0.3 is 0 Å².